The first kappa shape index (κ1) is 27.6. The van der Waals surface area contributed by atoms with E-state index >= 15 is 4.39 Å². The smallest absolute Gasteiger partial charge is 0.391 e. The molecule has 12 heteroatoms. The van der Waals surface area contributed by atoms with Gasteiger partial charge in [-0.3, -0.25) is 9.69 Å². The zero-order valence-corrected chi connectivity index (χ0v) is 20.3. The number of aromatic nitrogens is 2. The summed E-state index contributed by atoms with van der Waals surface area (Å²) in [6.45, 7) is 5.70. The first-order valence-electron chi connectivity index (χ1n) is 11.8. The SMILES string of the molecule is CC(C)CN(Cc1ccc(C(F)(F)F)cc1)c1ncnc(NC[C@@H]2CCN(CC(N)=O)C[C@H]2O)c1F. The Morgan fingerprint density at radius 2 is 1.97 bits per heavy atom. The summed E-state index contributed by atoms with van der Waals surface area (Å²) in [5.74, 6) is -1.16. The molecule has 1 aliphatic rings. The largest absolute Gasteiger partial charge is 0.416 e. The van der Waals surface area contributed by atoms with E-state index in [1.807, 2.05) is 13.8 Å². The average molecular weight is 513 g/mol. The molecule has 0 aliphatic carbocycles. The summed E-state index contributed by atoms with van der Waals surface area (Å²) < 4.78 is 54.1. The van der Waals surface area contributed by atoms with Crippen LogP contribution in [0.4, 0.5) is 29.2 Å². The molecule has 4 N–H and O–H groups in total. The molecule has 0 bridgehead atoms. The number of nitrogens with two attached hydrogens (primary N) is 1. The number of anilines is 2. The number of carbonyl (C=O) groups is 1. The maximum absolute atomic E-state index is 15.5. The number of rotatable bonds is 10. The lowest BCUT2D eigenvalue weighted by Gasteiger charge is -2.35. The van der Waals surface area contributed by atoms with Gasteiger partial charge in [-0.15, -0.1) is 0 Å². The van der Waals surface area contributed by atoms with Crippen LogP contribution < -0.4 is 16.0 Å². The number of aliphatic hydroxyl groups is 1. The highest BCUT2D eigenvalue weighted by Gasteiger charge is 2.31. The molecule has 0 spiro atoms. The normalized spacial score (nSPS) is 18.9. The fourth-order valence-electron chi connectivity index (χ4n) is 4.27. The second kappa shape index (κ2) is 11.8. The number of aliphatic hydroxyl groups excluding tert-OH is 1. The molecule has 36 heavy (non-hydrogen) atoms. The highest BCUT2D eigenvalue weighted by molar-refractivity contribution is 5.75. The first-order chi connectivity index (χ1) is 16.9. The summed E-state index contributed by atoms with van der Waals surface area (Å²) in [6, 6.07) is 4.76. The number of hydrogen-bond acceptors (Lipinski definition) is 7. The first-order valence-corrected chi connectivity index (χ1v) is 11.8. The number of likely N-dealkylation sites (tertiary alicyclic amines) is 1. The Hall–Kier alpha value is -2.99. The van der Waals surface area contributed by atoms with E-state index in [0.717, 1.165) is 12.1 Å². The van der Waals surface area contributed by atoms with Crippen molar-refractivity contribution < 1.29 is 27.5 Å². The molecular formula is C24H32F4N6O2. The van der Waals surface area contributed by atoms with Crippen LogP contribution in [0.5, 0.6) is 0 Å². The highest BCUT2D eigenvalue weighted by atomic mass is 19.4. The monoisotopic (exact) mass is 512 g/mol. The van der Waals surface area contributed by atoms with Crippen molar-refractivity contribution in [2.24, 2.45) is 17.6 Å². The third kappa shape index (κ3) is 7.50. The summed E-state index contributed by atoms with van der Waals surface area (Å²) in [6.07, 6.45) is -3.32. The molecule has 1 aliphatic heterocycles. The van der Waals surface area contributed by atoms with E-state index in [2.05, 4.69) is 15.3 Å². The lowest BCUT2D eigenvalue weighted by molar-refractivity contribution is -0.137. The van der Waals surface area contributed by atoms with Crippen LogP contribution in [0.1, 0.15) is 31.4 Å². The van der Waals surface area contributed by atoms with Crippen LogP contribution in [0, 0.1) is 17.7 Å². The van der Waals surface area contributed by atoms with Crippen molar-refractivity contribution in [1.29, 1.82) is 0 Å². The predicted molar refractivity (Wildman–Crippen MR) is 128 cm³/mol. The fraction of sp³-hybridized carbons (Fsp3) is 0.542. The minimum atomic E-state index is -4.43. The van der Waals surface area contributed by atoms with Crippen molar-refractivity contribution in [2.45, 2.75) is 39.1 Å². The molecule has 2 aromatic rings. The Morgan fingerprint density at radius 3 is 2.56 bits per heavy atom. The van der Waals surface area contributed by atoms with Crippen molar-refractivity contribution in [2.75, 3.05) is 42.9 Å². The van der Waals surface area contributed by atoms with Crippen LogP contribution in [-0.2, 0) is 17.5 Å². The van der Waals surface area contributed by atoms with E-state index in [4.69, 9.17) is 5.73 Å². The van der Waals surface area contributed by atoms with Gasteiger partial charge in [0.1, 0.15) is 6.33 Å². The molecule has 3 rings (SSSR count). The van der Waals surface area contributed by atoms with Gasteiger partial charge < -0.3 is 21.1 Å². The van der Waals surface area contributed by atoms with E-state index in [1.165, 1.54) is 18.5 Å². The number of amides is 1. The Labute approximate surface area is 207 Å². The third-order valence-corrected chi connectivity index (χ3v) is 6.03. The van der Waals surface area contributed by atoms with Crippen LogP contribution in [-0.4, -0.2) is 64.7 Å². The van der Waals surface area contributed by atoms with E-state index in [1.54, 1.807) is 9.80 Å². The fourth-order valence-corrected chi connectivity index (χ4v) is 4.27. The van der Waals surface area contributed by atoms with Gasteiger partial charge in [0.15, 0.2) is 11.6 Å². The summed E-state index contributed by atoms with van der Waals surface area (Å²) in [4.78, 5) is 22.7. The average Bonchev–Trinajstić information content (AvgIpc) is 2.78. The lowest BCUT2D eigenvalue weighted by Crippen LogP contribution is -2.48. The Bertz CT molecular complexity index is 1020. The number of carbonyl (C=O) groups excluding carboxylic acids is 1. The Morgan fingerprint density at radius 1 is 1.28 bits per heavy atom. The number of halogens is 4. The van der Waals surface area contributed by atoms with Gasteiger partial charge in [0.05, 0.1) is 18.2 Å². The van der Waals surface area contributed by atoms with Gasteiger partial charge in [0.25, 0.3) is 0 Å². The van der Waals surface area contributed by atoms with Crippen molar-refractivity contribution in [3.8, 4) is 0 Å². The molecule has 8 nitrogen and oxygen atoms in total. The van der Waals surface area contributed by atoms with E-state index in [-0.39, 0.29) is 43.1 Å². The van der Waals surface area contributed by atoms with Gasteiger partial charge in [-0.1, -0.05) is 26.0 Å². The molecule has 198 valence electrons. The molecule has 0 unspecified atom stereocenters. The number of alkyl halides is 3. The molecule has 1 aromatic carbocycles. The zero-order chi connectivity index (χ0) is 26.5. The molecular weight excluding hydrogens is 480 g/mol. The second-order valence-corrected chi connectivity index (χ2v) is 9.53. The van der Waals surface area contributed by atoms with Gasteiger partial charge in [-0.2, -0.15) is 17.6 Å². The van der Waals surface area contributed by atoms with Crippen LogP contribution in [0.3, 0.4) is 0 Å². The number of primary amides is 1. The Kier molecular flexibility index (Phi) is 9.07. The molecule has 2 atom stereocenters. The molecule has 1 amide bonds. The van der Waals surface area contributed by atoms with Crippen molar-refractivity contribution in [3.63, 3.8) is 0 Å². The molecule has 0 radical (unpaired) electrons. The van der Waals surface area contributed by atoms with E-state index in [9.17, 15) is 23.1 Å². The van der Waals surface area contributed by atoms with Gasteiger partial charge in [0, 0.05) is 32.1 Å². The van der Waals surface area contributed by atoms with Crippen molar-refractivity contribution in [1.82, 2.24) is 14.9 Å². The zero-order valence-electron chi connectivity index (χ0n) is 20.3. The van der Waals surface area contributed by atoms with E-state index < -0.39 is 29.6 Å². The minimum absolute atomic E-state index is 0.0204. The maximum Gasteiger partial charge on any atom is 0.416 e. The maximum atomic E-state index is 15.5. The number of β-amino-alcohol motifs (C(OH)–C–C–N with tert-alkyl or cyclic N) is 1. The van der Waals surface area contributed by atoms with Crippen LogP contribution in [0.15, 0.2) is 30.6 Å². The van der Waals surface area contributed by atoms with Crippen molar-refractivity contribution >= 4 is 17.5 Å². The van der Waals surface area contributed by atoms with Gasteiger partial charge >= 0.3 is 6.18 Å². The van der Waals surface area contributed by atoms with Crippen molar-refractivity contribution in [3.05, 3.63) is 47.5 Å². The molecule has 0 saturated carbocycles. The van der Waals surface area contributed by atoms with Crippen LogP contribution in [0.2, 0.25) is 0 Å². The molecule has 1 fully saturated rings. The quantitative estimate of drug-likeness (QED) is 0.420. The van der Waals surface area contributed by atoms with Gasteiger partial charge in [0.2, 0.25) is 11.7 Å². The van der Waals surface area contributed by atoms with Crippen LogP contribution in [0.25, 0.3) is 0 Å². The number of benzene rings is 1. The number of nitrogens with one attached hydrogen (secondary N) is 1. The predicted octanol–water partition coefficient (Wildman–Crippen LogP) is 2.88. The topological polar surface area (TPSA) is 108 Å². The number of piperidine rings is 1. The number of hydrogen-bond donors (Lipinski definition) is 3. The van der Waals surface area contributed by atoms with Gasteiger partial charge in [-0.25, -0.2) is 9.97 Å². The summed E-state index contributed by atoms with van der Waals surface area (Å²) in [5, 5.41) is 13.4. The summed E-state index contributed by atoms with van der Waals surface area (Å²) in [7, 11) is 0. The molecule has 1 saturated heterocycles. The molecule has 2 heterocycles. The van der Waals surface area contributed by atoms with Gasteiger partial charge in [-0.05, 0) is 36.6 Å². The minimum Gasteiger partial charge on any atom is -0.391 e. The second-order valence-electron chi connectivity index (χ2n) is 9.53. The third-order valence-electron chi connectivity index (χ3n) is 6.03. The highest BCUT2D eigenvalue weighted by Crippen LogP contribution is 2.30. The number of nitrogens with zero attached hydrogens (tertiary/aromatic N) is 4. The van der Waals surface area contributed by atoms with Crippen LogP contribution >= 0.6 is 0 Å². The lowest BCUT2D eigenvalue weighted by atomic mass is 9.93. The molecule has 1 aromatic heterocycles. The standard InChI is InChI=1S/C24H32F4N6O2/c1-15(2)10-34(11-16-3-5-18(6-4-16)24(26,27)28)23-21(25)22(31-14-32-23)30-9-17-7-8-33(12-19(17)35)13-20(29)36/h3-6,14-15,17,19,35H,7-13H2,1-2H3,(H2,29,36)(H,30,31,32)/t17-,19+/m0/s1. The summed E-state index contributed by atoms with van der Waals surface area (Å²) >= 11 is 0. The summed E-state index contributed by atoms with van der Waals surface area (Å²) in [5.41, 5.74) is 5.05. The Balaban J connectivity index is 1.71. The van der Waals surface area contributed by atoms with E-state index in [0.29, 0.717) is 31.6 Å².